The van der Waals surface area contributed by atoms with Crippen LogP contribution in [0.4, 0.5) is 8.78 Å². The number of carbonyl (C=O) groups excluding carboxylic acids is 4. The van der Waals surface area contributed by atoms with Crippen molar-refractivity contribution in [3.63, 3.8) is 0 Å². The summed E-state index contributed by atoms with van der Waals surface area (Å²) in [6, 6.07) is 9.18. The molecule has 3 aromatic rings. The molecule has 4 atom stereocenters. The van der Waals surface area contributed by atoms with Crippen molar-refractivity contribution in [2.45, 2.75) is 106 Å². The Bertz CT molecular complexity index is 2280. The highest BCUT2D eigenvalue weighted by Crippen LogP contribution is 2.40. The number of amides is 4. The molecule has 5 heterocycles. The Kier molecular flexibility index (Phi) is 12.7. The number of pyridine rings is 2. The van der Waals surface area contributed by atoms with E-state index in [0.717, 1.165) is 4.90 Å². The number of sulfonamides is 1. The van der Waals surface area contributed by atoms with Gasteiger partial charge >= 0.3 is 0 Å². The van der Waals surface area contributed by atoms with E-state index < -0.39 is 81.4 Å². The summed E-state index contributed by atoms with van der Waals surface area (Å²) in [5.41, 5.74) is -0.431. The first-order valence-electron chi connectivity index (χ1n) is 20.3. The zero-order valence-electron chi connectivity index (χ0n) is 33.5. The summed E-state index contributed by atoms with van der Waals surface area (Å²) in [6.45, 7) is 0.469. The van der Waals surface area contributed by atoms with E-state index in [-0.39, 0.29) is 43.8 Å². The third-order valence-electron chi connectivity index (χ3n) is 11.6. The molecule has 0 radical (unpaired) electrons. The maximum absolute atomic E-state index is 14.8. The van der Waals surface area contributed by atoms with Crippen molar-refractivity contribution >= 4 is 56.2 Å². The van der Waals surface area contributed by atoms with Crippen molar-refractivity contribution in [1.82, 2.24) is 29.8 Å². The number of nitrogens with one attached hydrogen (secondary N) is 2. The number of ether oxygens (including phenoxy) is 2. The molecule has 1 saturated carbocycles. The molecule has 0 bridgehead atoms. The number of likely N-dealkylation sites (tertiary alicyclic amines) is 1. The van der Waals surface area contributed by atoms with Gasteiger partial charge in [0.2, 0.25) is 27.7 Å². The first-order chi connectivity index (χ1) is 28.6. The van der Waals surface area contributed by atoms with Gasteiger partial charge in [-0.2, -0.15) is 0 Å². The third kappa shape index (κ3) is 9.67. The number of hydrogen-bond donors (Lipinski definition) is 2. The van der Waals surface area contributed by atoms with E-state index in [1.165, 1.54) is 18.9 Å². The summed E-state index contributed by atoms with van der Waals surface area (Å²) >= 11 is 6.77. The number of methoxy groups -OCH3 is 1. The fraction of sp³-hybridized carbons (Fsp3) is 0.524. The molecule has 60 heavy (non-hydrogen) atoms. The third-order valence-corrected chi connectivity index (χ3v) is 13.8. The van der Waals surface area contributed by atoms with E-state index in [9.17, 15) is 36.4 Å². The van der Waals surface area contributed by atoms with E-state index in [0.29, 0.717) is 72.3 Å². The van der Waals surface area contributed by atoms with E-state index in [1.807, 2.05) is 6.08 Å². The average Bonchev–Trinajstić information content (AvgIpc) is 3.91. The van der Waals surface area contributed by atoms with Crippen molar-refractivity contribution in [3.8, 4) is 22.9 Å². The zero-order valence-corrected chi connectivity index (χ0v) is 35.1. The van der Waals surface area contributed by atoms with Gasteiger partial charge in [0.1, 0.15) is 34.2 Å². The number of benzene rings is 1. The number of aromatic nitrogens is 2. The molecule has 2 aromatic heterocycles. The molecule has 1 aliphatic carbocycles. The topological polar surface area (TPSA) is 177 Å². The van der Waals surface area contributed by atoms with Gasteiger partial charge in [0.05, 0.1) is 42.4 Å². The van der Waals surface area contributed by atoms with Gasteiger partial charge in [-0.1, -0.05) is 42.7 Å². The van der Waals surface area contributed by atoms with Crippen LogP contribution in [0.1, 0.15) is 77.6 Å². The minimum absolute atomic E-state index is 0.0352. The second kappa shape index (κ2) is 17.6. The molecule has 2 N–H and O–H groups in total. The molecule has 3 fully saturated rings. The number of nitrogens with zero attached hydrogens (tertiary/aromatic N) is 4. The molecule has 4 amide bonds. The Morgan fingerprint density at radius 2 is 1.85 bits per heavy atom. The monoisotopic (exact) mass is 870 g/mol. The Hall–Kier alpha value is -4.90. The van der Waals surface area contributed by atoms with Gasteiger partial charge in [-0.3, -0.25) is 28.9 Å². The summed E-state index contributed by atoms with van der Waals surface area (Å²) in [7, 11) is -2.50. The van der Waals surface area contributed by atoms with Crippen LogP contribution < -0.4 is 19.5 Å². The lowest BCUT2D eigenvalue weighted by Gasteiger charge is -2.33. The highest BCUT2D eigenvalue weighted by Gasteiger charge is 2.48. The number of fused-ring (bicyclic) bond motifs is 2. The van der Waals surface area contributed by atoms with Gasteiger partial charge in [-0.25, -0.2) is 22.2 Å². The lowest BCUT2D eigenvalue weighted by Crippen LogP contribution is -2.61. The summed E-state index contributed by atoms with van der Waals surface area (Å²) in [5, 5.41) is 2.84. The maximum Gasteiger partial charge on any atom is 0.267 e. The van der Waals surface area contributed by atoms with Crippen LogP contribution in [0.3, 0.4) is 0 Å². The smallest absolute Gasteiger partial charge is 0.267 e. The second-order valence-electron chi connectivity index (χ2n) is 16.3. The van der Waals surface area contributed by atoms with Crippen LogP contribution >= 0.6 is 11.6 Å². The number of allylic oxidation sites excluding steroid dienone is 1. The maximum atomic E-state index is 14.8. The molecular weight excluding hydrogens is 822 g/mol. The number of hydrogen-bond acceptors (Lipinski definition) is 10. The summed E-state index contributed by atoms with van der Waals surface area (Å²) in [4.78, 5) is 68.2. The van der Waals surface area contributed by atoms with Gasteiger partial charge < -0.3 is 24.6 Å². The van der Waals surface area contributed by atoms with Gasteiger partial charge in [0, 0.05) is 49.4 Å². The quantitative estimate of drug-likeness (QED) is 0.259. The largest absolute Gasteiger partial charge is 0.495 e. The van der Waals surface area contributed by atoms with Crippen molar-refractivity contribution in [1.29, 1.82) is 0 Å². The number of carbonyl (C=O) groups is 4. The van der Waals surface area contributed by atoms with Crippen LogP contribution in [0.15, 0.2) is 54.7 Å². The Morgan fingerprint density at radius 3 is 2.55 bits per heavy atom. The molecule has 14 nitrogen and oxygen atoms in total. The van der Waals surface area contributed by atoms with Crippen LogP contribution in [0.25, 0.3) is 22.3 Å². The van der Waals surface area contributed by atoms with Crippen LogP contribution in [-0.4, -0.2) is 107 Å². The van der Waals surface area contributed by atoms with E-state index in [1.54, 1.807) is 48.7 Å². The molecule has 0 spiro atoms. The molecule has 1 aromatic carbocycles. The number of alkyl halides is 2. The molecule has 3 aliphatic heterocycles. The summed E-state index contributed by atoms with van der Waals surface area (Å²) in [5.74, 6) is -6.00. The molecular formula is C42H49ClF2N6O8S. The van der Waals surface area contributed by atoms with E-state index >= 15 is 0 Å². The van der Waals surface area contributed by atoms with Crippen LogP contribution in [0, 0.1) is 5.92 Å². The predicted molar refractivity (Wildman–Crippen MR) is 219 cm³/mol. The normalized spacial score (nSPS) is 25.8. The molecule has 0 unspecified atom stereocenters. The SMILES string of the molecule is COc1ccc2c(O[C@@H]3C[C@H]4C(=O)N[C@@](C)(C(=O)NS(=O)(=O)C5CC5)C/C=C\CCCCC[C@H](CC(=O)N5CCC(F)(F)C5)C(=O)N4C3)cc(-c3ccccn3)nc2c1Cl. The summed E-state index contributed by atoms with van der Waals surface area (Å²) < 4.78 is 68.4. The predicted octanol–water partition coefficient (Wildman–Crippen LogP) is 5.57. The molecule has 2 saturated heterocycles. The number of rotatable bonds is 9. The fourth-order valence-corrected chi connectivity index (χ4v) is 9.72. The first-order valence-corrected chi connectivity index (χ1v) is 22.2. The van der Waals surface area contributed by atoms with Crippen molar-refractivity contribution < 1.29 is 45.9 Å². The van der Waals surface area contributed by atoms with Gasteiger partial charge in [0.15, 0.2) is 0 Å². The van der Waals surface area contributed by atoms with Gasteiger partial charge in [-0.15, -0.1) is 0 Å². The van der Waals surface area contributed by atoms with Crippen molar-refractivity contribution in [2.24, 2.45) is 5.92 Å². The van der Waals surface area contributed by atoms with E-state index in [4.69, 9.17) is 26.1 Å². The van der Waals surface area contributed by atoms with Crippen molar-refractivity contribution in [2.75, 3.05) is 26.7 Å². The number of halogens is 3. The zero-order chi connectivity index (χ0) is 42.8. The second-order valence-corrected chi connectivity index (χ2v) is 18.7. The minimum Gasteiger partial charge on any atom is -0.495 e. The van der Waals surface area contributed by atoms with Gasteiger partial charge in [0.25, 0.3) is 11.8 Å². The first kappa shape index (κ1) is 43.2. The lowest BCUT2D eigenvalue weighted by atomic mass is 9.94. The standard InChI is InChI=1S/C42H49ClF2N6O8S/c1-41(40(55)49-60(56,57)28-13-14-28)17-9-6-4-3-5-7-11-26(21-35(52)50-20-18-42(44,45)25-50)39(54)51-24-27(22-32(51)38(53)48-41)59-34-23-31(30-12-8-10-19-46-30)47-37-29(34)15-16-33(58-2)36(37)43/h6,8-10,12,15-16,19,23,26-28,32H,3-5,7,11,13-14,17-18,20-22,24-25H2,1-2H3,(H,48,53)(H,49,55)/b9-6-/t26-,27-,32+,41-/m1/s1. The lowest BCUT2D eigenvalue weighted by molar-refractivity contribution is -0.146. The van der Waals surface area contributed by atoms with Crippen molar-refractivity contribution in [3.05, 3.63) is 59.8 Å². The average molecular weight is 871 g/mol. The molecule has 18 heteroatoms. The Morgan fingerprint density at radius 1 is 1.05 bits per heavy atom. The Labute approximate surface area is 352 Å². The highest BCUT2D eigenvalue weighted by molar-refractivity contribution is 7.91. The fourth-order valence-electron chi connectivity index (χ4n) is 8.03. The van der Waals surface area contributed by atoms with E-state index in [2.05, 4.69) is 15.0 Å². The summed E-state index contributed by atoms with van der Waals surface area (Å²) in [6.07, 6.45) is 7.19. The van der Waals surface area contributed by atoms with Crippen LogP contribution in [-0.2, 0) is 29.2 Å². The molecule has 7 rings (SSSR count). The minimum atomic E-state index is -3.98. The highest BCUT2D eigenvalue weighted by atomic mass is 35.5. The van der Waals surface area contributed by atoms with Crippen LogP contribution in [0.2, 0.25) is 5.02 Å². The molecule has 4 aliphatic rings. The molecule has 322 valence electrons. The Balaban J connectivity index is 1.24. The van der Waals surface area contributed by atoms with Gasteiger partial charge in [-0.05, 0) is 69.7 Å². The van der Waals surface area contributed by atoms with Crippen LogP contribution in [0.5, 0.6) is 11.5 Å².